The highest BCUT2D eigenvalue weighted by atomic mass is 35.5. The molecule has 4 rings (SSSR count). The van der Waals surface area contributed by atoms with Gasteiger partial charge in [-0.3, -0.25) is 9.59 Å². The number of carbonyl (C=O) groups excluding carboxylic acids is 1. The first-order valence-corrected chi connectivity index (χ1v) is 10.7. The Labute approximate surface area is 185 Å². The molecule has 3 heterocycles. The van der Waals surface area contributed by atoms with Crippen LogP contribution in [-0.4, -0.2) is 33.8 Å². The molecule has 8 heteroatoms. The minimum absolute atomic E-state index is 0.0794. The largest absolute Gasteiger partial charge is 0.368 e. The smallest absolute Gasteiger partial charge is 0.287 e. The molecule has 1 aliphatic rings. The summed E-state index contributed by atoms with van der Waals surface area (Å²) in [4.78, 5) is 31.9. The van der Waals surface area contributed by atoms with Gasteiger partial charge in [0.25, 0.3) is 5.56 Å². The number of amides is 1. The quantitative estimate of drug-likeness (QED) is 0.660. The highest BCUT2D eigenvalue weighted by Crippen LogP contribution is 2.27. The summed E-state index contributed by atoms with van der Waals surface area (Å²) >= 11 is 6.45. The molecule has 2 aromatic heterocycles. The summed E-state index contributed by atoms with van der Waals surface area (Å²) in [6.07, 6.45) is 3.21. The molecule has 7 nitrogen and oxygen atoms in total. The van der Waals surface area contributed by atoms with E-state index in [0.29, 0.717) is 24.6 Å². The number of benzene rings is 1. The van der Waals surface area contributed by atoms with Gasteiger partial charge in [0.15, 0.2) is 0 Å². The van der Waals surface area contributed by atoms with E-state index in [1.165, 1.54) is 4.68 Å². The second-order valence-corrected chi connectivity index (χ2v) is 8.11. The summed E-state index contributed by atoms with van der Waals surface area (Å²) < 4.78 is 1.36. The summed E-state index contributed by atoms with van der Waals surface area (Å²) in [6.45, 7) is 3.43. The maximum Gasteiger partial charge on any atom is 0.287 e. The molecule has 1 aromatic carbocycles. The van der Waals surface area contributed by atoms with Gasteiger partial charge >= 0.3 is 0 Å². The lowest BCUT2D eigenvalue weighted by molar-refractivity contribution is -0.120. The third kappa shape index (κ3) is 4.94. The first-order valence-electron chi connectivity index (χ1n) is 10.3. The Bertz CT molecular complexity index is 1130. The first-order chi connectivity index (χ1) is 15.0. The van der Waals surface area contributed by atoms with Crippen molar-refractivity contribution in [3.05, 3.63) is 81.4 Å². The van der Waals surface area contributed by atoms with E-state index >= 15 is 0 Å². The molecular weight excluding hydrogens is 414 g/mol. The standard InChI is InChI=1S/C23H24ClN5O2/c1-16-7-5-11-20(26-16)27-22(30)18-10-6-12-28(15-18)19-13-25-29(23(31)21(19)24)14-17-8-3-2-4-9-17/h2-5,7-9,11,13,18H,6,10,12,14-15H2,1H3,(H,26,27,30). The van der Waals surface area contributed by atoms with E-state index in [9.17, 15) is 9.59 Å². The predicted molar refractivity (Wildman–Crippen MR) is 122 cm³/mol. The SMILES string of the molecule is Cc1cccc(NC(=O)C2CCCN(c3cnn(Cc4ccccc4)c(=O)c3Cl)C2)n1. The second-order valence-electron chi connectivity index (χ2n) is 7.73. The second kappa shape index (κ2) is 9.31. The number of aryl methyl sites for hydroxylation is 1. The van der Waals surface area contributed by atoms with Gasteiger partial charge in [0, 0.05) is 18.8 Å². The highest BCUT2D eigenvalue weighted by Gasteiger charge is 2.28. The number of pyridine rings is 1. The van der Waals surface area contributed by atoms with E-state index < -0.39 is 0 Å². The average molecular weight is 438 g/mol. The molecule has 1 fully saturated rings. The van der Waals surface area contributed by atoms with E-state index in [2.05, 4.69) is 15.4 Å². The van der Waals surface area contributed by atoms with Crippen molar-refractivity contribution in [1.82, 2.24) is 14.8 Å². The number of halogens is 1. The number of carbonyl (C=O) groups is 1. The Hall–Kier alpha value is -3.19. The van der Waals surface area contributed by atoms with Crippen LogP contribution in [0.15, 0.2) is 59.5 Å². The van der Waals surface area contributed by atoms with Gasteiger partial charge < -0.3 is 10.2 Å². The number of rotatable bonds is 5. The van der Waals surface area contributed by atoms with Crippen LogP contribution in [0.4, 0.5) is 11.5 Å². The number of anilines is 2. The van der Waals surface area contributed by atoms with Crippen LogP contribution in [0.2, 0.25) is 5.02 Å². The van der Waals surface area contributed by atoms with Crippen LogP contribution in [0.25, 0.3) is 0 Å². The minimum Gasteiger partial charge on any atom is -0.368 e. The van der Waals surface area contributed by atoms with Crippen LogP contribution < -0.4 is 15.8 Å². The molecule has 0 aliphatic carbocycles. The lowest BCUT2D eigenvalue weighted by Gasteiger charge is -2.33. The molecule has 1 amide bonds. The average Bonchev–Trinajstić information content (AvgIpc) is 2.78. The molecular formula is C23H24ClN5O2. The predicted octanol–water partition coefficient (Wildman–Crippen LogP) is 3.50. The molecule has 0 bridgehead atoms. The summed E-state index contributed by atoms with van der Waals surface area (Å²) in [5, 5.41) is 7.35. The van der Waals surface area contributed by atoms with Gasteiger partial charge in [-0.2, -0.15) is 5.10 Å². The third-order valence-electron chi connectivity index (χ3n) is 5.41. The Morgan fingerprint density at radius 1 is 1.19 bits per heavy atom. The van der Waals surface area contributed by atoms with Crippen molar-refractivity contribution in [3.63, 3.8) is 0 Å². The van der Waals surface area contributed by atoms with Crippen LogP contribution in [0.3, 0.4) is 0 Å². The molecule has 1 aliphatic heterocycles. The van der Waals surface area contributed by atoms with Gasteiger partial charge in [0.05, 0.1) is 24.3 Å². The molecule has 1 N–H and O–H groups in total. The number of piperidine rings is 1. The lowest BCUT2D eigenvalue weighted by Crippen LogP contribution is -2.42. The van der Waals surface area contributed by atoms with Crippen LogP contribution in [0, 0.1) is 12.8 Å². The summed E-state index contributed by atoms with van der Waals surface area (Å²) in [6, 6.07) is 15.2. The van der Waals surface area contributed by atoms with Crippen LogP contribution in [-0.2, 0) is 11.3 Å². The third-order valence-corrected chi connectivity index (χ3v) is 5.77. The Morgan fingerprint density at radius 3 is 2.77 bits per heavy atom. The Morgan fingerprint density at radius 2 is 2.00 bits per heavy atom. The van der Waals surface area contributed by atoms with Gasteiger partial charge in [0.2, 0.25) is 5.91 Å². The summed E-state index contributed by atoms with van der Waals surface area (Å²) in [5.41, 5.74) is 2.05. The van der Waals surface area contributed by atoms with E-state index in [0.717, 1.165) is 30.6 Å². The van der Waals surface area contributed by atoms with Crippen molar-refractivity contribution < 1.29 is 4.79 Å². The monoisotopic (exact) mass is 437 g/mol. The molecule has 1 saturated heterocycles. The Kier molecular flexibility index (Phi) is 6.32. The molecule has 31 heavy (non-hydrogen) atoms. The molecule has 0 spiro atoms. The number of nitrogens with zero attached hydrogens (tertiary/aromatic N) is 4. The molecule has 0 saturated carbocycles. The van der Waals surface area contributed by atoms with E-state index in [1.54, 1.807) is 12.3 Å². The normalized spacial score (nSPS) is 16.2. The van der Waals surface area contributed by atoms with Crippen molar-refractivity contribution in [3.8, 4) is 0 Å². The van der Waals surface area contributed by atoms with Crippen molar-refractivity contribution >= 4 is 29.0 Å². The summed E-state index contributed by atoms with van der Waals surface area (Å²) in [7, 11) is 0. The number of aromatic nitrogens is 3. The molecule has 160 valence electrons. The zero-order valence-electron chi connectivity index (χ0n) is 17.3. The fourth-order valence-corrected chi connectivity index (χ4v) is 4.06. The van der Waals surface area contributed by atoms with E-state index in [-0.39, 0.29) is 22.4 Å². The van der Waals surface area contributed by atoms with Crippen molar-refractivity contribution in [2.75, 3.05) is 23.3 Å². The molecule has 3 aromatic rings. The lowest BCUT2D eigenvalue weighted by atomic mass is 9.97. The van der Waals surface area contributed by atoms with Crippen molar-refractivity contribution in [2.45, 2.75) is 26.3 Å². The van der Waals surface area contributed by atoms with Crippen molar-refractivity contribution in [2.24, 2.45) is 5.92 Å². The fourth-order valence-electron chi connectivity index (χ4n) is 3.80. The highest BCUT2D eigenvalue weighted by molar-refractivity contribution is 6.33. The number of hydrogen-bond donors (Lipinski definition) is 1. The molecule has 1 unspecified atom stereocenters. The van der Waals surface area contributed by atoms with Gasteiger partial charge in [-0.15, -0.1) is 0 Å². The van der Waals surface area contributed by atoms with Gasteiger partial charge in [0.1, 0.15) is 10.8 Å². The zero-order valence-corrected chi connectivity index (χ0v) is 18.0. The number of nitrogens with one attached hydrogen (secondary N) is 1. The minimum atomic E-state index is -0.335. The zero-order chi connectivity index (χ0) is 21.8. The molecule has 0 radical (unpaired) electrons. The van der Waals surface area contributed by atoms with Gasteiger partial charge in [-0.1, -0.05) is 48.0 Å². The Balaban J connectivity index is 1.48. The molecule has 1 atom stereocenters. The van der Waals surface area contributed by atoms with Gasteiger partial charge in [-0.05, 0) is 37.5 Å². The van der Waals surface area contributed by atoms with Crippen LogP contribution >= 0.6 is 11.6 Å². The first kappa shape index (κ1) is 21.1. The van der Waals surface area contributed by atoms with Crippen LogP contribution in [0.1, 0.15) is 24.1 Å². The van der Waals surface area contributed by atoms with Crippen LogP contribution in [0.5, 0.6) is 0 Å². The fraction of sp³-hybridized carbons (Fsp3) is 0.304. The van der Waals surface area contributed by atoms with E-state index in [1.807, 2.05) is 54.3 Å². The van der Waals surface area contributed by atoms with Crippen molar-refractivity contribution in [1.29, 1.82) is 0 Å². The summed E-state index contributed by atoms with van der Waals surface area (Å²) in [5.74, 6) is 0.244. The van der Waals surface area contributed by atoms with E-state index in [4.69, 9.17) is 11.6 Å². The van der Waals surface area contributed by atoms with Gasteiger partial charge in [-0.25, -0.2) is 9.67 Å². The number of hydrogen-bond acceptors (Lipinski definition) is 5. The maximum absolute atomic E-state index is 12.8. The topological polar surface area (TPSA) is 80.1 Å². The maximum atomic E-state index is 12.8.